The molecule has 0 aliphatic rings. The van der Waals surface area contributed by atoms with Crippen LogP contribution >= 0.6 is 23.4 Å². The minimum absolute atomic E-state index is 0.677. The molecule has 0 aliphatic carbocycles. The fourth-order valence-electron chi connectivity index (χ4n) is 0.0630. The molecule has 0 spiro atoms. The van der Waals surface area contributed by atoms with Crippen LogP contribution in [0.3, 0.4) is 0 Å². The molecule has 0 bridgehead atoms. The van der Waals surface area contributed by atoms with Crippen LogP contribution < -0.4 is 0 Å². The summed E-state index contributed by atoms with van der Waals surface area (Å²) in [6, 6.07) is 0. The molecule has 0 aromatic heterocycles. The molecule has 0 rings (SSSR count). The van der Waals surface area contributed by atoms with Crippen LogP contribution in [0.4, 0.5) is 0 Å². The fourth-order valence-corrected chi connectivity index (χ4v) is 0.567. The summed E-state index contributed by atoms with van der Waals surface area (Å²) in [4.78, 5) is 0. The molecule has 0 aromatic rings. The second-order valence-electron chi connectivity index (χ2n) is 0.511. The van der Waals surface area contributed by atoms with Gasteiger partial charge in [-0.15, -0.1) is 23.4 Å². The summed E-state index contributed by atoms with van der Waals surface area (Å²) in [5.41, 5.74) is 0. The topological polar surface area (TPSA) is 0 Å². The van der Waals surface area contributed by atoms with Crippen LogP contribution in [0.25, 0.3) is 0 Å². The standard InChI is InChI=1S/C3H6ClS/c1-2-5-3-4/h2H,3H2,1H3. The third kappa shape index (κ3) is 4.64. The van der Waals surface area contributed by atoms with E-state index in [1.165, 1.54) is 0 Å². The lowest BCUT2D eigenvalue weighted by molar-refractivity contribution is 1.73. The highest BCUT2D eigenvalue weighted by Gasteiger charge is 1.70. The maximum absolute atomic E-state index is 5.23. The SMILES string of the molecule is C[CH]SCCl. The zero-order valence-electron chi connectivity index (χ0n) is 3.07. The molecular weight excluding hydrogens is 104 g/mol. The van der Waals surface area contributed by atoms with Crippen molar-refractivity contribution < 1.29 is 0 Å². The van der Waals surface area contributed by atoms with E-state index in [0.717, 1.165) is 0 Å². The van der Waals surface area contributed by atoms with Crippen LogP contribution in [0.1, 0.15) is 6.92 Å². The van der Waals surface area contributed by atoms with E-state index in [-0.39, 0.29) is 0 Å². The minimum atomic E-state index is 0.677. The van der Waals surface area contributed by atoms with Gasteiger partial charge in [0.15, 0.2) is 0 Å². The van der Waals surface area contributed by atoms with Gasteiger partial charge in [0.05, 0.1) is 5.21 Å². The van der Waals surface area contributed by atoms with Crippen LogP contribution in [0.15, 0.2) is 0 Å². The van der Waals surface area contributed by atoms with E-state index in [1.54, 1.807) is 11.8 Å². The molecular formula is C3H6ClS. The molecule has 1 radical (unpaired) electrons. The lowest BCUT2D eigenvalue weighted by atomic mass is 11.0. The van der Waals surface area contributed by atoms with Gasteiger partial charge in [0.1, 0.15) is 0 Å². The van der Waals surface area contributed by atoms with Crippen molar-refractivity contribution in [3.8, 4) is 0 Å². The van der Waals surface area contributed by atoms with Gasteiger partial charge in [-0.1, -0.05) is 6.92 Å². The van der Waals surface area contributed by atoms with E-state index in [9.17, 15) is 0 Å². The highest BCUT2D eigenvalue weighted by atomic mass is 35.5. The number of rotatable bonds is 2. The van der Waals surface area contributed by atoms with Crippen LogP contribution in [-0.2, 0) is 0 Å². The van der Waals surface area contributed by atoms with E-state index in [4.69, 9.17) is 11.6 Å². The van der Waals surface area contributed by atoms with Crippen LogP contribution in [-0.4, -0.2) is 5.21 Å². The Morgan fingerprint density at radius 2 is 2.60 bits per heavy atom. The normalized spacial score (nSPS) is 8.40. The van der Waals surface area contributed by atoms with E-state index in [0.29, 0.717) is 5.21 Å². The Morgan fingerprint density at radius 1 is 2.00 bits per heavy atom. The van der Waals surface area contributed by atoms with Gasteiger partial charge >= 0.3 is 0 Å². The van der Waals surface area contributed by atoms with Crippen molar-refractivity contribution >= 4 is 23.4 Å². The van der Waals surface area contributed by atoms with E-state index < -0.39 is 0 Å². The smallest absolute Gasteiger partial charge is 0.0683 e. The lowest BCUT2D eigenvalue weighted by Crippen LogP contribution is -1.52. The molecule has 31 valence electrons. The van der Waals surface area contributed by atoms with Gasteiger partial charge < -0.3 is 0 Å². The first kappa shape index (κ1) is 5.64. The summed E-state index contributed by atoms with van der Waals surface area (Å²) in [6.45, 7) is 1.97. The molecule has 0 nitrogen and oxygen atoms in total. The summed E-state index contributed by atoms with van der Waals surface area (Å²) in [5.74, 6) is 1.97. The highest BCUT2D eigenvalue weighted by molar-refractivity contribution is 8.02. The molecule has 0 unspecified atom stereocenters. The van der Waals surface area contributed by atoms with Gasteiger partial charge in [-0.05, 0) is 0 Å². The summed E-state index contributed by atoms with van der Waals surface area (Å²) in [5, 5.41) is 0.677. The molecule has 5 heavy (non-hydrogen) atoms. The van der Waals surface area contributed by atoms with Gasteiger partial charge in [0.25, 0.3) is 0 Å². The highest BCUT2D eigenvalue weighted by Crippen LogP contribution is 2.03. The first-order chi connectivity index (χ1) is 2.41. The Labute approximate surface area is 41.9 Å². The average Bonchev–Trinajstić information content (AvgIpc) is 1.41. The Balaban J connectivity index is 2.19. The van der Waals surface area contributed by atoms with Crippen molar-refractivity contribution in [2.24, 2.45) is 0 Å². The Morgan fingerprint density at radius 3 is 2.60 bits per heavy atom. The summed E-state index contributed by atoms with van der Waals surface area (Å²) < 4.78 is 0. The maximum atomic E-state index is 5.23. The van der Waals surface area contributed by atoms with Crippen LogP contribution in [0.2, 0.25) is 0 Å². The molecule has 0 atom stereocenters. The summed E-state index contributed by atoms with van der Waals surface area (Å²) in [6.07, 6.45) is 0. The van der Waals surface area contributed by atoms with Crippen molar-refractivity contribution in [2.75, 3.05) is 5.21 Å². The molecule has 0 aliphatic heterocycles. The van der Waals surface area contributed by atoms with Crippen molar-refractivity contribution in [1.82, 2.24) is 0 Å². The molecule has 0 fully saturated rings. The second-order valence-corrected chi connectivity index (χ2v) is 2.19. The zero-order valence-corrected chi connectivity index (χ0v) is 4.64. The van der Waals surface area contributed by atoms with Gasteiger partial charge in [-0.25, -0.2) is 0 Å². The van der Waals surface area contributed by atoms with E-state index in [2.05, 4.69) is 0 Å². The molecule has 0 saturated carbocycles. The van der Waals surface area contributed by atoms with Crippen LogP contribution in [0.5, 0.6) is 0 Å². The van der Waals surface area contributed by atoms with Gasteiger partial charge in [0, 0.05) is 5.75 Å². The zero-order chi connectivity index (χ0) is 4.12. The average molecular weight is 110 g/mol. The first-order valence-electron chi connectivity index (χ1n) is 1.37. The van der Waals surface area contributed by atoms with Crippen molar-refractivity contribution in [1.29, 1.82) is 0 Å². The molecule has 2 heteroatoms. The summed E-state index contributed by atoms with van der Waals surface area (Å²) in [7, 11) is 0. The van der Waals surface area contributed by atoms with E-state index >= 15 is 0 Å². The molecule has 0 amide bonds. The van der Waals surface area contributed by atoms with Crippen molar-refractivity contribution in [3.63, 3.8) is 0 Å². The number of thioether (sulfide) groups is 1. The minimum Gasteiger partial charge on any atom is -0.141 e. The van der Waals surface area contributed by atoms with Gasteiger partial charge in [-0.2, -0.15) is 0 Å². The Hall–Kier alpha value is 0.640. The van der Waals surface area contributed by atoms with Gasteiger partial charge in [-0.3, -0.25) is 0 Å². The third-order valence-electron chi connectivity index (χ3n) is 0.230. The monoisotopic (exact) mass is 109 g/mol. The summed E-state index contributed by atoms with van der Waals surface area (Å²) >= 11 is 6.84. The predicted octanol–water partition coefficient (Wildman–Crippen LogP) is 2.10. The Bertz CT molecular complexity index is 14.4. The van der Waals surface area contributed by atoms with Crippen molar-refractivity contribution in [3.05, 3.63) is 5.75 Å². The number of halogens is 1. The number of hydrogen-bond donors (Lipinski definition) is 0. The van der Waals surface area contributed by atoms with Crippen LogP contribution in [0, 0.1) is 5.75 Å². The third-order valence-corrected chi connectivity index (χ3v) is 1.07. The largest absolute Gasteiger partial charge is 0.141 e. The van der Waals surface area contributed by atoms with E-state index in [1.807, 2.05) is 12.7 Å². The Kier molecular flexibility index (Phi) is 5.23. The number of alkyl halides is 1. The second kappa shape index (κ2) is 4.64. The fraction of sp³-hybridized carbons (Fsp3) is 0.667. The van der Waals surface area contributed by atoms with Crippen molar-refractivity contribution in [2.45, 2.75) is 6.92 Å². The molecule has 0 N–H and O–H groups in total. The predicted molar refractivity (Wildman–Crippen MR) is 28.3 cm³/mol. The molecule has 0 aromatic carbocycles. The molecule has 0 heterocycles. The quantitative estimate of drug-likeness (QED) is 0.490. The van der Waals surface area contributed by atoms with Gasteiger partial charge in [0.2, 0.25) is 0 Å². The lowest BCUT2D eigenvalue weighted by Gasteiger charge is -1.77. The first-order valence-corrected chi connectivity index (χ1v) is 2.95. The maximum Gasteiger partial charge on any atom is 0.0683 e. The molecule has 0 saturated heterocycles. The number of hydrogen-bond acceptors (Lipinski definition) is 1.